The highest BCUT2D eigenvalue weighted by molar-refractivity contribution is 6.30. The zero-order valence-corrected chi connectivity index (χ0v) is 17.2. The van der Waals surface area contributed by atoms with Crippen molar-refractivity contribution in [2.75, 3.05) is 18.5 Å². The van der Waals surface area contributed by atoms with E-state index < -0.39 is 17.8 Å². The van der Waals surface area contributed by atoms with Crippen molar-refractivity contribution >= 4 is 23.3 Å². The molecule has 0 atom stereocenters. The zero-order valence-electron chi connectivity index (χ0n) is 16.5. The number of ether oxygens (including phenoxy) is 1. The predicted molar refractivity (Wildman–Crippen MR) is 109 cm³/mol. The van der Waals surface area contributed by atoms with E-state index in [9.17, 15) is 18.0 Å². The van der Waals surface area contributed by atoms with Gasteiger partial charge in [0.25, 0.3) is 0 Å². The third-order valence-corrected chi connectivity index (χ3v) is 4.37. The molecule has 2 N–H and O–H groups in total. The van der Waals surface area contributed by atoms with Crippen LogP contribution in [0, 0.1) is 0 Å². The number of alkyl halides is 3. The predicted octanol–water partition coefficient (Wildman–Crippen LogP) is 6.25. The molecule has 2 amide bonds. The topological polar surface area (TPSA) is 50.4 Å². The van der Waals surface area contributed by atoms with Crippen LogP contribution >= 0.6 is 11.6 Å². The first-order valence-electron chi connectivity index (χ1n) is 9.12. The first-order chi connectivity index (χ1) is 13.5. The minimum atomic E-state index is -4.62. The van der Waals surface area contributed by atoms with Gasteiger partial charge >= 0.3 is 12.2 Å². The fourth-order valence-electron chi connectivity index (χ4n) is 2.54. The van der Waals surface area contributed by atoms with Crippen molar-refractivity contribution in [3.8, 4) is 5.75 Å². The molecule has 0 heterocycles. The number of hydrogen-bond donors (Lipinski definition) is 2. The fourth-order valence-corrected chi connectivity index (χ4v) is 2.71. The number of nitrogens with one attached hydrogen (secondary N) is 2. The molecule has 2 aromatic carbocycles. The lowest BCUT2D eigenvalue weighted by atomic mass is 9.87. The Morgan fingerprint density at radius 1 is 1.07 bits per heavy atom. The Bertz CT molecular complexity index is 831. The van der Waals surface area contributed by atoms with Crippen LogP contribution in [-0.2, 0) is 11.6 Å². The molecule has 0 aliphatic heterocycles. The molecule has 0 spiro atoms. The van der Waals surface area contributed by atoms with Gasteiger partial charge in [-0.2, -0.15) is 13.2 Å². The summed E-state index contributed by atoms with van der Waals surface area (Å²) in [6.07, 6.45) is -4.12. The van der Waals surface area contributed by atoms with Gasteiger partial charge in [0.15, 0.2) is 0 Å². The third kappa shape index (κ3) is 7.16. The Hall–Kier alpha value is -2.41. The van der Waals surface area contributed by atoms with Gasteiger partial charge in [-0.15, -0.1) is 0 Å². The second-order valence-corrected chi connectivity index (χ2v) is 7.98. The van der Waals surface area contributed by atoms with Gasteiger partial charge in [0.05, 0.1) is 17.9 Å². The van der Waals surface area contributed by atoms with Gasteiger partial charge in [0, 0.05) is 11.6 Å². The zero-order chi connectivity index (χ0) is 21.7. The van der Waals surface area contributed by atoms with Crippen LogP contribution in [-0.4, -0.2) is 19.2 Å². The largest absolute Gasteiger partial charge is 0.494 e. The highest BCUT2D eigenvalue weighted by Crippen LogP contribution is 2.36. The SMILES string of the molecule is CC(C)(C)c1ccc(OCCCNC(=O)Nc2ccc(Cl)cc2C(F)(F)F)cc1. The summed E-state index contributed by atoms with van der Waals surface area (Å²) in [5, 5.41) is 4.65. The lowest BCUT2D eigenvalue weighted by molar-refractivity contribution is -0.136. The van der Waals surface area contributed by atoms with Crippen molar-refractivity contribution in [3.63, 3.8) is 0 Å². The molecule has 29 heavy (non-hydrogen) atoms. The van der Waals surface area contributed by atoms with E-state index in [4.69, 9.17) is 16.3 Å². The van der Waals surface area contributed by atoms with Crippen molar-refractivity contribution in [1.29, 1.82) is 0 Å². The summed E-state index contributed by atoms with van der Waals surface area (Å²) >= 11 is 5.62. The maximum absolute atomic E-state index is 13.0. The number of benzene rings is 2. The van der Waals surface area contributed by atoms with Gasteiger partial charge in [-0.3, -0.25) is 0 Å². The molecule has 4 nitrogen and oxygen atoms in total. The van der Waals surface area contributed by atoms with E-state index in [1.165, 1.54) is 11.6 Å². The second-order valence-electron chi connectivity index (χ2n) is 7.54. The molecule has 8 heteroatoms. The van der Waals surface area contributed by atoms with E-state index in [1.807, 2.05) is 24.3 Å². The summed E-state index contributed by atoms with van der Waals surface area (Å²) in [6, 6.07) is 10.2. The molecule has 0 aromatic heterocycles. The molecule has 0 aliphatic carbocycles. The van der Waals surface area contributed by atoms with Crippen molar-refractivity contribution in [2.45, 2.75) is 38.8 Å². The molecule has 0 radical (unpaired) electrons. The molecule has 0 saturated heterocycles. The van der Waals surface area contributed by atoms with E-state index in [2.05, 4.69) is 31.4 Å². The Balaban J connectivity index is 1.77. The fraction of sp³-hybridized carbons (Fsp3) is 0.381. The maximum Gasteiger partial charge on any atom is 0.418 e. The Labute approximate surface area is 173 Å². The van der Waals surface area contributed by atoms with Crippen molar-refractivity contribution in [1.82, 2.24) is 5.32 Å². The van der Waals surface area contributed by atoms with E-state index in [0.29, 0.717) is 13.0 Å². The van der Waals surface area contributed by atoms with Crippen molar-refractivity contribution in [3.05, 3.63) is 58.6 Å². The molecule has 0 unspecified atom stereocenters. The smallest absolute Gasteiger partial charge is 0.418 e. The average Bonchev–Trinajstić information content (AvgIpc) is 2.62. The minimum Gasteiger partial charge on any atom is -0.494 e. The van der Waals surface area contributed by atoms with Gasteiger partial charge in [-0.25, -0.2) is 4.79 Å². The summed E-state index contributed by atoms with van der Waals surface area (Å²) in [5.74, 6) is 0.721. The van der Waals surface area contributed by atoms with Crippen LogP contribution in [0.25, 0.3) is 0 Å². The highest BCUT2D eigenvalue weighted by atomic mass is 35.5. The molecule has 158 valence electrons. The summed E-state index contributed by atoms with van der Waals surface area (Å²) in [6.45, 7) is 6.99. The van der Waals surface area contributed by atoms with E-state index in [1.54, 1.807) is 0 Å². The van der Waals surface area contributed by atoms with Gasteiger partial charge < -0.3 is 15.4 Å². The number of amides is 2. The van der Waals surface area contributed by atoms with Gasteiger partial charge in [0.1, 0.15) is 5.75 Å². The van der Waals surface area contributed by atoms with E-state index in [0.717, 1.165) is 17.9 Å². The molecule has 0 aliphatic rings. The number of halogens is 4. The minimum absolute atomic E-state index is 0.0593. The number of anilines is 1. The van der Waals surface area contributed by atoms with Crippen LogP contribution in [0.1, 0.15) is 38.3 Å². The second kappa shape index (κ2) is 9.39. The van der Waals surface area contributed by atoms with E-state index >= 15 is 0 Å². The first-order valence-corrected chi connectivity index (χ1v) is 9.49. The van der Waals surface area contributed by atoms with Gasteiger partial charge in [0.2, 0.25) is 0 Å². The molecule has 0 bridgehead atoms. The Morgan fingerprint density at radius 2 is 1.72 bits per heavy atom. The van der Waals surface area contributed by atoms with E-state index in [-0.39, 0.29) is 22.7 Å². The number of carbonyl (C=O) groups excluding carboxylic acids is 1. The summed E-state index contributed by atoms with van der Waals surface area (Å²) in [4.78, 5) is 11.9. The van der Waals surface area contributed by atoms with Crippen LogP contribution in [0.15, 0.2) is 42.5 Å². The molecule has 2 aromatic rings. The quantitative estimate of drug-likeness (QED) is 0.534. The maximum atomic E-state index is 13.0. The number of rotatable bonds is 6. The lowest BCUT2D eigenvalue weighted by Gasteiger charge is -2.19. The highest BCUT2D eigenvalue weighted by Gasteiger charge is 2.34. The van der Waals surface area contributed by atoms with Crippen LogP contribution in [0.5, 0.6) is 5.75 Å². The number of urea groups is 1. The lowest BCUT2D eigenvalue weighted by Crippen LogP contribution is -2.31. The van der Waals surface area contributed by atoms with Gasteiger partial charge in [-0.1, -0.05) is 44.5 Å². The summed E-state index contributed by atoms with van der Waals surface area (Å²) < 4.78 is 44.7. The van der Waals surface area contributed by atoms with Crippen molar-refractivity contribution < 1.29 is 22.7 Å². The van der Waals surface area contributed by atoms with Crippen LogP contribution in [0.2, 0.25) is 5.02 Å². The monoisotopic (exact) mass is 428 g/mol. The van der Waals surface area contributed by atoms with Crippen molar-refractivity contribution in [2.24, 2.45) is 0 Å². The molecule has 0 saturated carbocycles. The van der Waals surface area contributed by atoms with Crippen LogP contribution < -0.4 is 15.4 Å². The molecular weight excluding hydrogens is 405 g/mol. The Kier molecular flexibility index (Phi) is 7.41. The van der Waals surface area contributed by atoms with Crippen LogP contribution in [0.4, 0.5) is 23.7 Å². The molecular formula is C21H24ClF3N2O2. The normalized spacial score (nSPS) is 11.8. The third-order valence-electron chi connectivity index (χ3n) is 4.13. The number of carbonyl (C=O) groups is 1. The Morgan fingerprint density at radius 3 is 2.31 bits per heavy atom. The molecule has 0 fully saturated rings. The standard InChI is InChI=1S/C21H24ClF3N2O2/c1-20(2,3)14-5-8-16(9-6-14)29-12-4-11-26-19(28)27-18-10-7-15(22)13-17(18)21(23,24)25/h5-10,13H,4,11-12H2,1-3H3,(H2,26,27,28). The summed E-state index contributed by atoms with van der Waals surface area (Å²) in [7, 11) is 0. The summed E-state index contributed by atoms with van der Waals surface area (Å²) in [5.41, 5.74) is -0.0910. The van der Waals surface area contributed by atoms with Gasteiger partial charge in [-0.05, 0) is 47.7 Å². The van der Waals surface area contributed by atoms with Crippen LogP contribution in [0.3, 0.4) is 0 Å². The average molecular weight is 429 g/mol. The first kappa shape index (κ1) is 22.9. The molecule has 2 rings (SSSR count). The number of hydrogen-bond acceptors (Lipinski definition) is 2.